The Morgan fingerprint density at radius 2 is 1.55 bits per heavy atom. The van der Waals surface area contributed by atoms with Crippen LogP contribution in [0.2, 0.25) is 0 Å². The zero-order valence-corrected chi connectivity index (χ0v) is 17.8. The first-order valence-electron chi connectivity index (χ1n) is 10.6. The summed E-state index contributed by atoms with van der Waals surface area (Å²) in [5.74, 6) is -1.47. The number of carboxylic acids is 1. The van der Waals surface area contributed by atoms with Gasteiger partial charge in [0.1, 0.15) is 0 Å². The number of anilines is 2. The first-order valence-corrected chi connectivity index (χ1v) is 10.6. The molecule has 7 heteroatoms. The maximum Gasteiger partial charge on any atom is 0.303 e. The predicted molar refractivity (Wildman–Crippen MR) is 127 cm³/mol. The number of benzene rings is 3. The lowest BCUT2D eigenvalue weighted by Gasteiger charge is -2.15. The Kier molecular flexibility index (Phi) is 6.50. The fourth-order valence-corrected chi connectivity index (χ4v) is 3.61. The standard InChI is InChI=1S/C26H23N3O4/c30-22(14-15-23(31)32)27-16-17-10-12-19(13-11-17)28-25(18-6-2-1-3-7-18)24-20-8-4-5-9-21(20)29-26(24)33/h1-13,28H,14-16H2,(H,27,30)(H,29,33)(H,31,32)/b25-24-. The number of carbonyl (C=O) groups is 3. The molecule has 0 radical (unpaired) electrons. The zero-order chi connectivity index (χ0) is 23.2. The van der Waals surface area contributed by atoms with Crippen molar-refractivity contribution in [3.05, 3.63) is 95.6 Å². The van der Waals surface area contributed by atoms with Crippen molar-refractivity contribution >= 4 is 40.4 Å². The molecular weight excluding hydrogens is 418 g/mol. The Morgan fingerprint density at radius 3 is 2.27 bits per heavy atom. The van der Waals surface area contributed by atoms with Crippen LogP contribution in [0.15, 0.2) is 78.9 Å². The van der Waals surface area contributed by atoms with Gasteiger partial charge in [0.2, 0.25) is 5.91 Å². The van der Waals surface area contributed by atoms with E-state index in [1.807, 2.05) is 78.9 Å². The van der Waals surface area contributed by atoms with Crippen LogP contribution in [0, 0.1) is 0 Å². The van der Waals surface area contributed by atoms with E-state index in [0.29, 0.717) is 17.8 Å². The van der Waals surface area contributed by atoms with Crippen LogP contribution in [0.1, 0.15) is 29.5 Å². The fourth-order valence-electron chi connectivity index (χ4n) is 3.61. The number of rotatable bonds is 8. The topological polar surface area (TPSA) is 108 Å². The minimum absolute atomic E-state index is 0.0491. The van der Waals surface area contributed by atoms with Gasteiger partial charge in [0.25, 0.3) is 5.91 Å². The minimum Gasteiger partial charge on any atom is -0.481 e. The van der Waals surface area contributed by atoms with Gasteiger partial charge in [-0.2, -0.15) is 0 Å². The lowest BCUT2D eigenvalue weighted by molar-refractivity contribution is -0.138. The molecule has 4 N–H and O–H groups in total. The highest BCUT2D eigenvalue weighted by molar-refractivity contribution is 6.37. The molecule has 0 spiro atoms. The van der Waals surface area contributed by atoms with E-state index in [9.17, 15) is 14.4 Å². The molecule has 4 rings (SSSR count). The van der Waals surface area contributed by atoms with Gasteiger partial charge in [-0.05, 0) is 29.3 Å². The molecule has 3 aromatic rings. The third-order valence-corrected chi connectivity index (χ3v) is 5.26. The quantitative estimate of drug-likeness (QED) is 0.394. The molecule has 7 nitrogen and oxygen atoms in total. The Labute approximate surface area is 191 Å². The van der Waals surface area contributed by atoms with Crippen LogP contribution in [0.4, 0.5) is 11.4 Å². The van der Waals surface area contributed by atoms with Crippen molar-refractivity contribution in [3.8, 4) is 0 Å². The number of fused-ring (bicyclic) bond motifs is 1. The molecule has 33 heavy (non-hydrogen) atoms. The highest BCUT2D eigenvalue weighted by Crippen LogP contribution is 2.37. The normalized spacial score (nSPS) is 13.6. The van der Waals surface area contributed by atoms with Crippen LogP contribution in [-0.2, 0) is 20.9 Å². The summed E-state index contributed by atoms with van der Waals surface area (Å²) in [4.78, 5) is 35.2. The summed E-state index contributed by atoms with van der Waals surface area (Å²) in [6.45, 7) is 0.307. The van der Waals surface area contributed by atoms with E-state index in [0.717, 1.165) is 28.1 Å². The van der Waals surface area contributed by atoms with Crippen LogP contribution in [0.25, 0.3) is 11.3 Å². The summed E-state index contributed by atoms with van der Waals surface area (Å²) in [5, 5.41) is 17.7. The maximum absolute atomic E-state index is 12.8. The van der Waals surface area contributed by atoms with Crippen molar-refractivity contribution in [3.63, 3.8) is 0 Å². The molecule has 1 heterocycles. The van der Waals surface area contributed by atoms with Crippen molar-refractivity contribution < 1.29 is 19.5 Å². The van der Waals surface area contributed by atoms with E-state index >= 15 is 0 Å². The number of hydrogen-bond acceptors (Lipinski definition) is 4. The average molecular weight is 441 g/mol. The lowest BCUT2D eigenvalue weighted by atomic mass is 10.00. The third-order valence-electron chi connectivity index (χ3n) is 5.26. The van der Waals surface area contributed by atoms with Crippen LogP contribution >= 0.6 is 0 Å². The van der Waals surface area contributed by atoms with Gasteiger partial charge in [0, 0.05) is 29.9 Å². The summed E-state index contributed by atoms with van der Waals surface area (Å²) in [6, 6.07) is 24.7. The van der Waals surface area contributed by atoms with Gasteiger partial charge in [-0.3, -0.25) is 14.4 Å². The minimum atomic E-state index is -0.998. The van der Waals surface area contributed by atoms with Crippen molar-refractivity contribution in [1.82, 2.24) is 5.32 Å². The molecule has 166 valence electrons. The third kappa shape index (κ3) is 5.27. The molecule has 0 aliphatic carbocycles. The number of carbonyl (C=O) groups excluding carboxylic acids is 2. The molecule has 0 unspecified atom stereocenters. The van der Waals surface area contributed by atoms with Gasteiger partial charge in [-0.25, -0.2) is 0 Å². The van der Waals surface area contributed by atoms with Crippen LogP contribution in [0.5, 0.6) is 0 Å². The highest BCUT2D eigenvalue weighted by atomic mass is 16.4. The molecule has 2 amide bonds. The molecule has 0 aromatic heterocycles. The van der Waals surface area contributed by atoms with Gasteiger partial charge in [-0.1, -0.05) is 60.7 Å². The van der Waals surface area contributed by atoms with E-state index in [4.69, 9.17) is 5.11 Å². The number of aliphatic carboxylic acids is 1. The predicted octanol–water partition coefficient (Wildman–Crippen LogP) is 4.10. The van der Waals surface area contributed by atoms with Gasteiger partial charge in [0.15, 0.2) is 0 Å². The summed E-state index contributed by atoms with van der Waals surface area (Å²) >= 11 is 0. The van der Waals surface area contributed by atoms with Crippen LogP contribution < -0.4 is 16.0 Å². The second kappa shape index (κ2) is 9.82. The van der Waals surface area contributed by atoms with E-state index in [1.54, 1.807) is 0 Å². The summed E-state index contributed by atoms with van der Waals surface area (Å²) < 4.78 is 0. The maximum atomic E-state index is 12.8. The molecule has 1 aliphatic rings. The first kappa shape index (κ1) is 21.8. The van der Waals surface area contributed by atoms with E-state index < -0.39 is 5.97 Å². The number of para-hydroxylation sites is 1. The van der Waals surface area contributed by atoms with Crippen molar-refractivity contribution in [1.29, 1.82) is 0 Å². The molecule has 0 saturated carbocycles. The summed E-state index contributed by atoms with van der Waals surface area (Å²) in [7, 11) is 0. The SMILES string of the molecule is O=C(O)CCC(=O)NCc1ccc(N/C(=C2\C(=O)Nc3ccccc32)c2ccccc2)cc1. The van der Waals surface area contributed by atoms with Gasteiger partial charge in [0.05, 0.1) is 17.7 Å². The summed E-state index contributed by atoms with van der Waals surface area (Å²) in [6.07, 6.45) is -0.241. The average Bonchev–Trinajstić information content (AvgIpc) is 3.16. The number of carboxylic acid groups (broad SMARTS) is 1. The van der Waals surface area contributed by atoms with Gasteiger partial charge in [-0.15, -0.1) is 0 Å². The molecule has 1 aliphatic heterocycles. The smallest absolute Gasteiger partial charge is 0.303 e. The Hall–Kier alpha value is -4.39. The largest absolute Gasteiger partial charge is 0.481 e. The Balaban J connectivity index is 1.56. The molecule has 0 saturated heterocycles. The van der Waals surface area contributed by atoms with E-state index in [1.165, 1.54) is 0 Å². The van der Waals surface area contributed by atoms with Crippen molar-refractivity contribution in [2.75, 3.05) is 10.6 Å². The second-order valence-corrected chi connectivity index (χ2v) is 7.61. The Morgan fingerprint density at radius 1 is 0.848 bits per heavy atom. The number of hydrogen-bond donors (Lipinski definition) is 4. The van der Waals surface area contributed by atoms with Gasteiger partial charge < -0.3 is 21.1 Å². The molecular formula is C26H23N3O4. The Bertz CT molecular complexity index is 1220. The molecule has 0 fully saturated rings. The van der Waals surface area contributed by atoms with Crippen LogP contribution in [-0.4, -0.2) is 22.9 Å². The molecule has 0 atom stereocenters. The number of nitrogens with one attached hydrogen (secondary N) is 3. The van der Waals surface area contributed by atoms with Crippen molar-refractivity contribution in [2.45, 2.75) is 19.4 Å². The van der Waals surface area contributed by atoms with Gasteiger partial charge >= 0.3 is 5.97 Å². The first-order chi connectivity index (χ1) is 16.0. The van der Waals surface area contributed by atoms with Crippen molar-refractivity contribution in [2.24, 2.45) is 0 Å². The lowest BCUT2D eigenvalue weighted by Crippen LogP contribution is -2.23. The molecule has 3 aromatic carbocycles. The zero-order valence-electron chi connectivity index (χ0n) is 17.8. The van der Waals surface area contributed by atoms with E-state index in [2.05, 4.69) is 16.0 Å². The second-order valence-electron chi connectivity index (χ2n) is 7.61. The monoisotopic (exact) mass is 441 g/mol. The van der Waals surface area contributed by atoms with Crippen LogP contribution in [0.3, 0.4) is 0 Å². The van der Waals surface area contributed by atoms with E-state index in [-0.39, 0.29) is 24.7 Å². The number of amides is 2. The highest BCUT2D eigenvalue weighted by Gasteiger charge is 2.28. The fraction of sp³-hybridized carbons (Fsp3) is 0.115. The molecule has 0 bridgehead atoms. The summed E-state index contributed by atoms with van der Waals surface area (Å²) in [5.41, 5.74) is 5.45.